The minimum atomic E-state index is -0.181. The molecule has 118 valence electrons. The molecule has 8 heteroatoms. The summed E-state index contributed by atoms with van der Waals surface area (Å²) in [5.74, 6) is 0.439. The molecule has 1 aliphatic heterocycles. The molecule has 2 rings (SSSR count). The third-order valence-corrected chi connectivity index (χ3v) is 4.19. The molecule has 7 nitrogen and oxygen atoms in total. The van der Waals surface area contributed by atoms with Gasteiger partial charge in [0, 0.05) is 33.8 Å². The number of rotatable bonds is 6. The number of nitrogens with two attached hydrogens (primary N) is 1. The topological polar surface area (TPSA) is 87.5 Å². The van der Waals surface area contributed by atoms with Gasteiger partial charge in [0.25, 0.3) is 5.91 Å². The lowest BCUT2D eigenvalue weighted by molar-refractivity contribution is 0.0766. The fourth-order valence-electron chi connectivity index (χ4n) is 2.63. The molecule has 3 N–H and O–H groups in total. The summed E-state index contributed by atoms with van der Waals surface area (Å²) in [6.45, 7) is 4.41. The zero-order valence-electron chi connectivity index (χ0n) is 12.4. The van der Waals surface area contributed by atoms with Crippen molar-refractivity contribution in [1.82, 2.24) is 20.0 Å². The number of carbonyl (C=O) groups excluding carboxylic acids is 1. The summed E-state index contributed by atoms with van der Waals surface area (Å²) in [7, 11) is 3.48. The Morgan fingerprint density at radius 1 is 1.67 bits per heavy atom. The van der Waals surface area contributed by atoms with E-state index in [4.69, 9.17) is 22.1 Å². The maximum Gasteiger partial charge on any atom is 0.273 e. The predicted octanol–water partition coefficient (Wildman–Crippen LogP) is 0.686. The molecule has 1 atom stereocenters. The zero-order valence-corrected chi connectivity index (χ0v) is 13.2. The monoisotopic (exact) mass is 315 g/mol. The SMILES string of the molecule is COCCN1CC[C@@H](CN(C)C(=O)c2[nH]nc(N)c2Cl)C1. The van der Waals surface area contributed by atoms with Gasteiger partial charge in [-0.15, -0.1) is 0 Å². The first-order valence-corrected chi connectivity index (χ1v) is 7.36. The third-order valence-electron chi connectivity index (χ3n) is 3.81. The molecule has 0 aliphatic carbocycles. The minimum absolute atomic E-state index is 0.153. The lowest BCUT2D eigenvalue weighted by atomic mass is 10.1. The fraction of sp³-hybridized carbons (Fsp3) is 0.692. The van der Waals surface area contributed by atoms with Crippen LogP contribution < -0.4 is 5.73 Å². The number of nitrogens with zero attached hydrogens (tertiary/aromatic N) is 3. The van der Waals surface area contributed by atoms with Gasteiger partial charge in [-0.3, -0.25) is 9.89 Å². The lowest BCUT2D eigenvalue weighted by Gasteiger charge is -2.21. The Bertz CT molecular complexity index is 493. The number of nitrogen functional groups attached to an aromatic ring is 1. The van der Waals surface area contributed by atoms with Crippen molar-refractivity contribution < 1.29 is 9.53 Å². The number of hydrogen-bond acceptors (Lipinski definition) is 5. The molecule has 0 spiro atoms. The first-order valence-electron chi connectivity index (χ1n) is 6.99. The number of amides is 1. The van der Waals surface area contributed by atoms with Crippen molar-refractivity contribution in [3.05, 3.63) is 10.7 Å². The number of ether oxygens (including phenoxy) is 1. The fourth-order valence-corrected chi connectivity index (χ4v) is 2.80. The molecule has 1 aliphatic rings. The highest BCUT2D eigenvalue weighted by Crippen LogP contribution is 2.22. The Kier molecular flexibility index (Phi) is 5.44. The van der Waals surface area contributed by atoms with Crippen LogP contribution in [0.15, 0.2) is 0 Å². The third kappa shape index (κ3) is 3.87. The lowest BCUT2D eigenvalue weighted by Crippen LogP contribution is -2.34. The number of methoxy groups -OCH3 is 1. The first-order chi connectivity index (χ1) is 10.0. The van der Waals surface area contributed by atoms with E-state index in [1.807, 2.05) is 0 Å². The van der Waals surface area contributed by atoms with Crippen molar-refractivity contribution in [3.8, 4) is 0 Å². The number of hydrogen-bond donors (Lipinski definition) is 2. The molecule has 0 aromatic carbocycles. The number of nitrogens with one attached hydrogen (secondary N) is 1. The molecule has 0 radical (unpaired) electrons. The minimum Gasteiger partial charge on any atom is -0.383 e. The van der Waals surface area contributed by atoms with Crippen LogP contribution >= 0.6 is 11.6 Å². The summed E-state index contributed by atoms with van der Waals surface area (Å²) in [4.78, 5) is 16.3. The first kappa shape index (κ1) is 16.1. The quantitative estimate of drug-likeness (QED) is 0.806. The maximum atomic E-state index is 12.3. The maximum absolute atomic E-state index is 12.3. The van der Waals surface area contributed by atoms with Gasteiger partial charge in [0.15, 0.2) is 5.82 Å². The summed E-state index contributed by atoms with van der Waals surface area (Å²) in [5, 5.41) is 6.53. The van der Waals surface area contributed by atoms with Gasteiger partial charge in [0.05, 0.1) is 6.61 Å². The van der Waals surface area contributed by atoms with Gasteiger partial charge in [-0.05, 0) is 18.9 Å². The molecular weight excluding hydrogens is 294 g/mol. The van der Waals surface area contributed by atoms with Crippen LogP contribution in [0, 0.1) is 5.92 Å². The second kappa shape index (κ2) is 7.11. The number of halogens is 1. The smallest absolute Gasteiger partial charge is 0.273 e. The van der Waals surface area contributed by atoms with Crippen molar-refractivity contribution in [2.45, 2.75) is 6.42 Å². The number of aromatic amines is 1. The van der Waals surface area contributed by atoms with E-state index in [1.54, 1.807) is 19.1 Å². The van der Waals surface area contributed by atoms with Gasteiger partial charge in [-0.2, -0.15) is 5.10 Å². The predicted molar refractivity (Wildman–Crippen MR) is 81.4 cm³/mol. The average molecular weight is 316 g/mol. The second-order valence-corrected chi connectivity index (χ2v) is 5.81. The Balaban J connectivity index is 1.86. The second-order valence-electron chi connectivity index (χ2n) is 5.43. The van der Waals surface area contributed by atoms with E-state index in [2.05, 4.69) is 15.1 Å². The van der Waals surface area contributed by atoms with Crippen LogP contribution in [0.2, 0.25) is 5.02 Å². The molecule has 1 amide bonds. The number of anilines is 1. The molecule has 1 aromatic heterocycles. The largest absolute Gasteiger partial charge is 0.383 e. The molecule has 0 saturated carbocycles. The van der Waals surface area contributed by atoms with Crippen LogP contribution in [-0.2, 0) is 4.74 Å². The van der Waals surface area contributed by atoms with E-state index < -0.39 is 0 Å². The van der Waals surface area contributed by atoms with E-state index in [0.717, 1.165) is 32.7 Å². The molecule has 1 aromatic rings. The number of aromatic nitrogens is 2. The molecule has 0 unspecified atom stereocenters. The normalized spacial score (nSPS) is 19.1. The summed E-state index contributed by atoms with van der Waals surface area (Å²) < 4.78 is 5.09. The van der Waals surface area contributed by atoms with Crippen molar-refractivity contribution in [2.24, 2.45) is 5.92 Å². The van der Waals surface area contributed by atoms with E-state index in [-0.39, 0.29) is 22.4 Å². The van der Waals surface area contributed by atoms with Crippen molar-refractivity contribution in [1.29, 1.82) is 0 Å². The van der Waals surface area contributed by atoms with E-state index in [1.165, 1.54) is 0 Å². The molecule has 1 saturated heterocycles. The van der Waals surface area contributed by atoms with Crippen LogP contribution in [0.4, 0.5) is 5.82 Å². The zero-order chi connectivity index (χ0) is 15.4. The van der Waals surface area contributed by atoms with Gasteiger partial charge >= 0.3 is 0 Å². The summed E-state index contributed by atoms with van der Waals surface area (Å²) in [6, 6.07) is 0. The standard InChI is InChI=1S/C13H22ClN5O2/c1-18(13(20)11-10(14)12(15)17-16-11)7-9-3-4-19(8-9)5-6-21-2/h9H,3-8H2,1-2H3,(H3,15,16,17)/t9-/m0/s1. The van der Waals surface area contributed by atoms with Crippen LogP contribution in [-0.4, -0.2) is 72.8 Å². The van der Waals surface area contributed by atoms with Crippen molar-refractivity contribution in [2.75, 3.05) is 52.7 Å². The van der Waals surface area contributed by atoms with Crippen LogP contribution in [0.1, 0.15) is 16.9 Å². The van der Waals surface area contributed by atoms with Gasteiger partial charge in [0.2, 0.25) is 0 Å². The summed E-state index contributed by atoms with van der Waals surface area (Å²) in [6.07, 6.45) is 1.08. The van der Waals surface area contributed by atoms with Crippen LogP contribution in [0.3, 0.4) is 0 Å². The number of likely N-dealkylation sites (tertiary alicyclic amines) is 1. The Morgan fingerprint density at radius 2 is 2.43 bits per heavy atom. The van der Waals surface area contributed by atoms with E-state index >= 15 is 0 Å². The van der Waals surface area contributed by atoms with Gasteiger partial charge < -0.3 is 20.3 Å². The van der Waals surface area contributed by atoms with Gasteiger partial charge in [-0.1, -0.05) is 11.6 Å². The average Bonchev–Trinajstić information content (AvgIpc) is 3.04. The summed E-state index contributed by atoms with van der Waals surface area (Å²) in [5.41, 5.74) is 5.80. The van der Waals surface area contributed by atoms with Gasteiger partial charge in [-0.25, -0.2) is 0 Å². The highest BCUT2D eigenvalue weighted by molar-refractivity contribution is 6.35. The molecule has 21 heavy (non-hydrogen) atoms. The molecule has 1 fully saturated rings. The number of H-pyrrole nitrogens is 1. The van der Waals surface area contributed by atoms with Crippen LogP contribution in [0.5, 0.6) is 0 Å². The van der Waals surface area contributed by atoms with E-state index in [9.17, 15) is 4.79 Å². The Morgan fingerprint density at radius 3 is 3.05 bits per heavy atom. The van der Waals surface area contributed by atoms with Crippen LogP contribution in [0.25, 0.3) is 0 Å². The molecular formula is C13H22ClN5O2. The van der Waals surface area contributed by atoms with Gasteiger partial charge in [0.1, 0.15) is 10.7 Å². The molecule has 0 bridgehead atoms. The molecule has 2 heterocycles. The van der Waals surface area contributed by atoms with E-state index in [0.29, 0.717) is 12.5 Å². The summed E-state index contributed by atoms with van der Waals surface area (Å²) >= 11 is 5.96. The Labute approximate surface area is 129 Å². The highest BCUT2D eigenvalue weighted by Gasteiger charge is 2.26. The van der Waals surface area contributed by atoms with Crippen molar-refractivity contribution >= 4 is 23.3 Å². The van der Waals surface area contributed by atoms with Crippen molar-refractivity contribution in [3.63, 3.8) is 0 Å². The highest BCUT2D eigenvalue weighted by atomic mass is 35.5. The number of carbonyl (C=O) groups is 1. The Hall–Kier alpha value is -1.31.